The summed E-state index contributed by atoms with van der Waals surface area (Å²) in [5, 5.41) is 4.01. The Hall–Kier alpha value is -2.42. The van der Waals surface area contributed by atoms with Crippen LogP contribution in [-0.2, 0) is 9.53 Å². The summed E-state index contributed by atoms with van der Waals surface area (Å²) in [5.74, 6) is 1.12. The first-order valence-electron chi connectivity index (χ1n) is 12.0. The first-order chi connectivity index (χ1) is 16.3. The molecule has 1 atom stereocenters. The Morgan fingerprint density at radius 2 is 1.88 bits per heavy atom. The summed E-state index contributed by atoms with van der Waals surface area (Å²) in [4.78, 5) is 36.9. The van der Waals surface area contributed by atoms with Crippen molar-refractivity contribution in [1.29, 1.82) is 0 Å². The molecule has 1 aromatic carbocycles. The number of Topliss-reactive ketones (excluding diaryl/α,β-unsaturated/α-hetero) is 1. The van der Waals surface area contributed by atoms with Gasteiger partial charge in [-0.25, -0.2) is 4.98 Å². The first-order valence-corrected chi connectivity index (χ1v) is 13.0. The van der Waals surface area contributed by atoms with Gasteiger partial charge in [0.05, 0.1) is 18.8 Å². The molecule has 3 heterocycles. The van der Waals surface area contributed by atoms with Crippen LogP contribution >= 0.6 is 11.8 Å². The van der Waals surface area contributed by atoms with Crippen molar-refractivity contribution < 1.29 is 9.53 Å². The van der Waals surface area contributed by atoms with Gasteiger partial charge in [0.2, 0.25) is 0 Å². The smallest absolute Gasteiger partial charge is 0.257 e. The van der Waals surface area contributed by atoms with Crippen LogP contribution in [0, 0.1) is 12.3 Å². The van der Waals surface area contributed by atoms with E-state index in [1.807, 2.05) is 31.2 Å². The zero-order valence-electron chi connectivity index (χ0n) is 20.1. The van der Waals surface area contributed by atoms with E-state index in [0.29, 0.717) is 23.0 Å². The number of morpholine rings is 1. The van der Waals surface area contributed by atoms with E-state index in [9.17, 15) is 9.59 Å². The summed E-state index contributed by atoms with van der Waals surface area (Å²) in [7, 11) is 0. The van der Waals surface area contributed by atoms with Gasteiger partial charge in [0.1, 0.15) is 5.82 Å². The van der Waals surface area contributed by atoms with Gasteiger partial charge in [0, 0.05) is 49.0 Å². The molecule has 1 aliphatic carbocycles. The Labute approximate surface area is 204 Å². The Balaban J connectivity index is 1.49. The number of allylic oxidation sites excluding steroid dienone is 2. The van der Waals surface area contributed by atoms with Crippen molar-refractivity contribution in [3.05, 3.63) is 62.6 Å². The molecule has 2 aromatic rings. The van der Waals surface area contributed by atoms with Crippen molar-refractivity contribution in [3.63, 3.8) is 0 Å². The van der Waals surface area contributed by atoms with Gasteiger partial charge >= 0.3 is 0 Å². The second kappa shape index (κ2) is 9.32. The van der Waals surface area contributed by atoms with E-state index in [1.165, 1.54) is 0 Å². The van der Waals surface area contributed by atoms with Crippen LogP contribution in [0.4, 0.5) is 5.82 Å². The summed E-state index contributed by atoms with van der Waals surface area (Å²) in [5.41, 5.74) is 3.94. The molecule has 2 aliphatic heterocycles. The SMILES string of the molecule is Cc1ccc([C@H]2C3=C(CC(C)(C)CC3=O)Nc3nc(SCCN4CCOCC4)[nH]c(=O)c32)cc1. The van der Waals surface area contributed by atoms with Crippen LogP contribution in [0.3, 0.4) is 0 Å². The maximum atomic E-state index is 13.4. The molecule has 180 valence electrons. The van der Waals surface area contributed by atoms with E-state index in [2.05, 4.69) is 29.0 Å². The summed E-state index contributed by atoms with van der Waals surface area (Å²) in [6.45, 7) is 10.6. The number of thioether (sulfide) groups is 1. The van der Waals surface area contributed by atoms with Crippen LogP contribution in [0.25, 0.3) is 0 Å². The van der Waals surface area contributed by atoms with Crippen LogP contribution in [0.5, 0.6) is 0 Å². The van der Waals surface area contributed by atoms with E-state index in [4.69, 9.17) is 9.72 Å². The van der Waals surface area contributed by atoms with Crippen molar-refractivity contribution in [3.8, 4) is 0 Å². The molecule has 2 N–H and O–H groups in total. The number of hydrogen-bond acceptors (Lipinski definition) is 7. The fourth-order valence-corrected chi connectivity index (χ4v) is 6.01. The maximum Gasteiger partial charge on any atom is 0.257 e. The highest BCUT2D eigenvalue weighted by atomic mass is 32.2. The number of hydrogen-bond donors (Lipinski definition) is 2. The van der Waals surface area contributed by atoms with E-state index in [1.54, 1.807) is 11.8 Å². The van der Waals surface area contributed by atoms with Gasteiger partial charge in [-0.15, -0.1) is 0 Å². The molecule has 8 heteroatoms. The summed E-state index contributed by atoms with van der Waals surface area (Å²) < 4.78 is 5.42. The number of nitrogens with zero attached hydrogens (tertiary/aromatic N) is 2. The lowest BCUT2D eigenvalue weighted by Crippen LogP contribution is -2.37. The number of aromatic amines is 1. The number of ketones is 1. The maximum absolute atomic E-state index is 13.4. The lowest BCUT2D eigenvalue weighted by molar-refractivity contribution is -0.118. The molecular weight excluding hydrogens is 448 g/mol. The molecule has 0 saturated carbocycles. The molecule has 1 saturated heterocycles. The number of benzene rings is 1. The zero-order chi connectivity index (χ0) is 23.9. The largest absolute Gasteiger partial charge is 0.379 e. The lowest BCUT2D eigenvalue weighted by atomic mass is 9.69. The number of aryl methyl sites for hydroxylation is 1. The Morgan fingerprint density at radius 3 is 2.62 bits per heavy atom. The summed E-state index contributed by atoms with van der Waals surface area (Å²) in [6, 6.07) is 8.12. The van der Waals surface area contributed by atoms with Crippen LogP contribution in [-0.4, -0.2) is 59.3 Å². The number of carbonyl (C=O) groups excluding carboxylic acids is 1. The first kappa shape index (κ1) is 23.3. The summed E-state index contributed by atoms with van der Waals surface area (Å²) in [6.07, 6.45) is 1.23. The molecule has 0 unspecified atom stereocenters. The average Bonchev–Trinajstić information content (AvgIpc) is 2.78. The van der Waals surface area contributed by atoms with Gasteiger partial charge in [-0.05, 0) is 24.3 Å². The molecule has 1 aromatic heterocycles. The van der Waals surface area contributed by atoms with Gasteiger partial charge in [-0.1, -0.05) is 55.4 Å². The fourth-order valence-electron chi connectivity index (χ4n) is 5.15. The number of fused-ring (bicyclic) bond motifs is 1. The van der Waals surface area contributed by atoms with Crippen molar-refractivity contribution in [2.75, 3.05) is 43.9 Å². The number of anilines is 1. The molecule has 3 aliphatic rings. The molecule has 0 amide bonds. The zero-order valence-corrected chi connectivity index (χ0v) is 20.9. The second-order valence-corrected chi connectivity index (χ2v) is 11.3. The molecule has 1 fully saturated rings. The number of H-pyrrole nitrogens is 1. The van der Waals surface area contributed by atoms with E-state index < -0.39 is 5.92 Å². The van der Waals surface area contributed by atoms with E-state index in [-0.39, 0.29) is 16.8 Å². The predicted octanol–water partition coefficient (Wildman–Crippen LogP) is 3.70. The highest BCUT2D eigenvalue weighted by Gasteiger charge is 2.42. The second-order valence-electron chi connectivity index (χ2n) is 10.2. The topological polar surface area (TPSA) is 87.3 Å². The molecule has 0 bridgehead atoms. The van der Waals surface area contributed by atoms with Crippen LogP contribution in [0.1, 0.15) is 49.3 Å². The minimum Gasteiger partial charge on any atom is -0.379 e. The van der Waals surface area contributed by atoms with Gasteiger partial charge < -0.3 is 15.0 Å². The lowest BCUT2D eigenvalue weighted by Gasteiger charge is -2.38. The third kappa shape index (κ3) is 4.72. The number of nitrogens with one attached hydrogen (secondary N) is 2. The Bertz CT molecular complexity index is 1180. The van der Waals surface area contributed by atoms with Gasteiger partial charge in [-0.3, -0.25) is 14.5 Å². The molecule has 7 nitrogen and oxygen atoms in total. The Kier molecular flexibility index (Phi) is 6.39. The third-order valence-electron chi connectivity index (χ3n) is 6.86. The van der Waals surface area contributed by atoms with Crippen LogP contribution in [0.15, 0.2) is 45.5 Å². The average molecular weight is 481 g/mol. The monoisotopic (exact) mass is 480 g/mol. The molecule has 5 rings (SSSR count). The van der Waals surface area contributed by atoms with Gasteiger partial charge in [0.15, 0.2) is 10.9 Å². The van der Waals surface area contributed by atoms with Gasteiger partial charge in [0.25, 0.3) is 5.56 Å². The van der Waals surface area contributed by atoms with Crippen molar-refractivity contribution in [2.45, 2.75) is 44.7 Å². The van der Waals surface area contributed by atoms with E-state index in [0.717, 1.165) is 67.4 Å². The highest BCUT2D eigenvalue weighted by molar-refractivity contribution is 7.99. The van der Waals surface area contributed by atoms with Crippen LogP contribution in [0.2, 0.25) is 0 Å². The minimum atomic E-state index is -0.404. The van der Waals surface area contributed by atoms with Crippen LogP contribution < -0.4 is 10.9 Å². The quantitative estimate of drug-likeness (QED) is 0.498. The summed E-state index contributed by atoms with van der Waals surface area (Å²) >= 11 is 1.56. The molecule has 0 radical (unpaired) electrons. The Morgan fingerprint density at radius 1 is 1.15 bits per heavy atom. The minimum absolute atomic E-state index is 0.110. The standard InChI is InChI=1S/C26H32N4O3S/c1-16-4-6-17(7-5-16)20-21-18(14-26(2,3)15-19(21)31)27-23-22(20)24(32)29-25(28-23)34-13-10-30-8-11-33-12-9-30/h4-7,20H,8-15H2,1-3H3,(H2,27,28,29,32)/t20-/m0/s1. The normalized spacial score (nSPS) is 22.2. The number of rotatable bonds is 5. The molecule has 0 spiro atoms. The number of aromatic nitrogens is 2. The highest BCUT2D eigenvalue weighted by Crippen LogP contribution is 2.47. The van der Waals surface area contributed by atoms with Gasteiger partial charge in [-0.2, -0.15) is 0 Å². The predicted molar refractivity (Wildman–Crippen MR) is 135 cm³/mol. The number of carbonyl (C=O) groups is 1. The fraction of sp³-hybridized carbons (Fsp3) is 0.500. The number of ether oxygens (including phenoxy) is 1. The van der Waals surface area contributed by atoms with E-state index >= 15 is 0 Å². The van der Waals surface area contributed by atoms with Crippen molar-refractivity contribution >= 4 is 23.4 Å². The molecule has 34 heavy (non-hydrogen) atoms. The molecular formula is C26H32N4O3S. The van der Waals surface area contributed by atoms with Crippen molar-refractivity contribution in [2.24, 2.45) is 5.41 Å². The third-order valence-corrected chi connectivity index (χ3v) is 7.71. The van der Waals surface area contributed by atoms with Crippen molar-refractivity contribution in [1.82, 2.24) is 14.9 Å².